The molecule has 0 saturated heterocycles. The minimum atomic E-state index is -1.72. The van der Waals surface area contributed by atoms with Crippen molar-refractivity contribution in [3.05, 3.63) is 99.1 Å². The van der Waals surface area contributed by atoms with Gasteiger partial charge in [-0.3, -0.25) is 14.7 Å². The molecule has 0 radical (unpaired) electrons. The highest BCUT2D eigenvalue weighted by Gasteiger charge is 2.57. The summed E-state index contributed by atoms with van der Waals surface area (Å²) in [5.41, 5.74) is -1.41. The van der Waals surface area contributed by atoms with E-state index >= 15 is 4.39 Å². The fourth-order valence-electron chi connectivity index (χ4n) is 7.05. The number of aliphatic hydroxyl groups excluding tert-OH is 2. The number of aromatic nitrogens is 1. The molecule has 44 heavy (non-hydrogen) atoms. The summed E-state index contributed by atoms with van der Waals surface area (Å²) in [5, 5.41) is 41.9. The number of nitrogens with zero attached hydrogens (tertiary/aromatic N) is 3. The number of pyridine rings is 1. The second-order valence-electron chi connectivity index (χ2n) is 12.2. The average Bonchev–Trinajstić information content (AvgIpc) is 3.24. The third-order valence-electron chi connectivity index (χ3n) is 9.61. The SMILES string of the molecule is CCC(O)(c1cc(F)c2c(c1)C(=O)N(Cc1ccc(C#N)cn1)[C@@]2(O[C@H]1C[C@@H](O)C1)c1ccc(Cl)cc1)[C@H]1CC[C@H](O)CC1. The van der Waals surface area contributed by atoms with Gasteiger partial charge in [0.25, 0.3) is 5.91 Å². The molecule has 0 bridgehead atoms. The molecule has 0 spiro atoms. The zero-order chi connectivity index (χ0) is 31.2. The van der Waals surface area contributed by atoms with Gasteiger partial charge in [-0.05, 0) is 92.8 Å². The summed E-state index contributed by atoms with van der Waals surface area (Å²) in [6, 6.07) is 14.9. The summed E-state index contributed by atoms with van der Waals surface area (Å²) in [6.45, 7) is 1.77. The quantitative estimate of drug-likeness (QED) is 0.313. The lowest BCUT2D eigenvalue weighted by Gasteiger charge is -2.45. The Kier molecular flexibility index (Phi) is 8.24. The number of carbonyl (C=O) groups excluding carboxylic acids is 1. The van der Waals surface area contributed by atoms with E-state index in [-0.39, 0.29) is 23.6 Å². The van der Waals surface area contributed by atoms with Crippen LogP contribution in [-0.4, -0.2) is 49.4 Å². The number of amides is 1. The Balaban J connectivity index is 1.53. The number of benzene rings is 2. The molecule has 10 heteroatoms. The van der Waals surface area contributed by atoms with Crippen molar-refractivity contribution in [2.45, 2.75) is 88.1 Å². The van der Waals surface area contributed by atoms with Gasteiger partial charge >= 0.3 is 0 Å². The maximum Gasteiger partial charge on any atom is 0.257 e. The van der Waals surface area contributed by atoms with Crippen molar-refractivity contribution in [3.63, 3.8) is 0 Å². The first kappa shape index (κ1) is 30.6. The molecule has 3 aliphatic rings. The first-order valence-electron chi connectivity index (χ1n) is 15.1. The first-order valence-corrected chi connectivity index (χ1v) is 15.5. The number of fused-ring (bicyclic) bond motifs is 1. The molecule has 1 unspecified atom stereocenters. The Morgan fingerprint density at radius 1 is 1.11 bits per heavy atom. The highest BCUT2D eigenvalue weighted by Crippen LogP contribution is 2.51. The van der Waals surface area contributed by atoms with Crippen LogP contribution >= 0.6 is 11.6 Å². The molecule has 2 saturated carbocycles. The minimum Gasteiger partial charge on any atom is -0.393 e. The lowest BCUT2D eigenvalue weighted by atomic mass is 9.71. The topological polar surface area (TPSA) is 127 Å². The molecule has 8 nitrogen and oxygen atoms in total. The third-order valence-corrected chi connectivity index (χ3v) is 9.86. The fourth-order valence-corrected chi connectivity index (χ4v) is 7.17. The summed E-state index contributed by atoms with van der Waals surface area (Å²) < 4.78 is 23.5. The molecule has 2 aromatic carbocycles. The number of hydrogen-bond acceptors (Lipinski definition) is 7. The van der Waals surface area contributed by atoms with Crippen molar-refractivity contribution in [2.75, 3.05) is 0 Å². The molecule has 6 rings (SSSR count). The summed E-state index contributed by atoms with van der Waals surface area (Å²) in [7, 11) is 0. The molecule has 3 N–H and O–H groups in total. The second-order valence-corrected chi connectivity index (χ2v) is 12.7. The molecule has 1 aromatic heterocycles. The molecular formula is C34H35ClFN3O5. The van der Waals surface area contributed by atoms with Gasteiger partial charge in [0.15, 0.2) is 0 Å². The molecule has 2 aliphatic carbocycles. The number of aliphatic hydroxyl groups is 3. The molecule has 1 amide bonds. The number of hydrogen-bond donors (Lipinski definition) is 3. The van der Waals surface area contributed by atoms with E-state index in [2.05, 4.69) is 4.98 Å². The third kappa shape index (κ3) is 5.19. The van der Waals surface area contributed by atoms with Crippen LogP contribution in [0.3, 0.4) is 0 Å². The smallest absolute Gasteiger partial charge is 0.257 e. The Labute approximate surface area is 260 Å². The standard InChI is InChI=1S/C34H35ClFN3O5/c1-2-33(43,21-6-11-26(40)12-7-21)23-13-29-31(30(36)14-23)34(44-28-15-27(41)16-28,22-4-8-24(35)9-5-22)39(32(29)42)19-25-10-3-20(17-37)18-38-25/h3-5,8-10,13-14,18,21,26-28,40-41,43H,2,6-7,11-12,15-16,19H2,1H3/t21-,26-,27-,28+,33?,34-/m1/s1. The van der Waals surface area contributed by atoms with E-state index in [0.29, 0.717) is 72.4 Å². The number of halogens is 2. The number of nitriles is 1. The maximum atomic E-state index is 16.8. The van der Waals surface area contributed by atoms with Gasteiger partial charge in [0.1, 0.15) is 11.9 Å². The van der Waals surface area contributed by atoms with Crippen molar-refractivity contribution in [1.29, 1.82) is 5.26 Å². The number of carbonyl (C=O) groups is 1. The molecule has 2 fully saturated rings. The molecule has 2 heterocycles. The van der Waals surface area contributed by atoms with Crippen molar-refractivity contribution in [1.82, 2.24) is 9.88 Å². The van der Waals surface area contributed by atoms with Crippen LogP contribution in [-0.2, 0) is 22.6 Å². The van der Waals surface area contributed by atoms with Gasteiger partial charge in [-0.25, -0.2) is 4.39 Å². The van der Waals surface area contributed by atoms with E-state index in [1.807, 2.05) is 13.0 Å². The van der Waals surface area contributed by atoms with Crippen molar-refractivity contribution < 1.29 is 29.2 Å². The minimum absolute atomic E-state index is 0.0288. The molecular weight excluding hydrogens is 585 g/mol. The second kappa shape index (κ2) is 11.8. The molecule has 230 valence electrons. The average molecular weight is 620 g/mol. The van der Waals surface area contributed by atoms with Crippen LogP contribution < -0.4 is 0 Å². The van der Waals surface area contributed by atoms with Gasteiger partial charge in [-0.15, -0.1) is 0 Å². The monoisotopic (exact) mass is 619 g/mol. The van der Waals surface area contributed by atoms with E-state index in [9.17, 15) is 25.4 Å². The number of rotatable bonds is 8. The Morgan fingerprint density at radius 3 is 2.41 bits per heavy atom. The van der Waals surface area contributed by atoms with Crippen molar-refractivity contribution in [2.24, 2.45) is 5.92 Å². The highest BCUT2D eigenvalue weighted by atomic mass is 35.5. The summed E-state index contributed by atoms with van der Waals surface area (Å²) in [6.07, 6.45) is 3.18. The predicted molar refractivity (Wildman–Crippen MR) is 160 cm³/mol. The van der Waals surface area contributed by atoms with Gasteiger partial charge in [0, 0.05) is 16.8 Å². The van der Waals surface area contributed by atoms with Crippen LogP contribution in [0.1, 0.15) is 90.2 Å². The zero-order valence-electron chi connectivity index (χ0n) is 24.4. The van der Waals surface area contributed by atoms with Crippen LogP contribution in [0.4, 0.5) is 4.39 Å². The largest absolute Gasteiger partial charge is 0.393 e. The van der Waals surface area contributed by atoms with Crippen LogP contribution in [0, 0.1) is 23.1 Å². The van der Waals surface area contributed by atoms with Gasteiger partial charge in [-0.1, -0.05) is 30.7 Å². The van der Waals surface area contributed by atoms with E-state index < -0.39 is 41.4 Å². The van der Waals surface area contributed by atoms with Crippen LogP contribution in [0.25, 0.3) is 0 Å². The van der Waals surface area contributed by atoms with E-state index in [1.54, 1.807) is 42.5 Å². The van der Waals surface area contributed by atoms with E-state index in [0.717, 1.165) is 0 Å². The van der Waals surface area contributed by atoms with E-state index in [4.69, 9.17) is 16.3 Å². The van der Waals surface area contributed by atoms with Crippen LogP contribution in [0.2, 0.25) is 5.02 Å². The summed E-state index contributed by atoms with van der Waals surface area (Å²) in [5.74, 6) is -1.41. The molecule has 2 atom stereocenters. The lowest BCUT2D eigenvalue weighted by molar-refractivity contribution is -0.191. The highest BCUT2D eigenvalue weighted by molar-refractivity contribution is 6.30. The Hall–Kier alpha value is -3.39. The zero-order valence-corrected chi connectivity index (χ0v) is 25.2. The summed E-state index contributed by atoms with van der Waals surface area (Å²) >= 11 is 6.24. The van der Waals surface area contributed by atoms with Crippen LogP contribution in [0.15, 0.2) is 54.7 Å². The molecule has 1 aliphatic heterocycles. The van der Waals surface area contributed by atoms with Gasteiger partial charge in [-0.2, -0.15) is 5.26 Å². The van der Waals surface area contributed by atoms with Gasteiger partial charge < -0.3 is 20.1 Å². The Bertz CT molecular complexity index is 1580. The number of ether oxygens (including phenoxy) is 1. The Morgan fingerprint density at radius 2 is 1.82 bits per heavy atom. The predicted octanol–water partition coefficient (Wildman–Crippen LogP) is 5.29. The van der Waals surface area contributed by atoms with Crippen LogP contribution in [0.5, 0.6) is 0 Å². The lowest BCUT2D eigenvalue weighted by Crippen LogP contribution is -2.51. The van der Waals surface area contributed by atoms with E-state index in [1.165, 1.54) is 17.2 Å². The fraction of sp³-hybridized carbons (Fsp3) is 0.441. The maximum absolute atomic E-state index is 16.8. The van der Waals surface area contributed by atoms with Crippen molar-refractivity contribution in [3.8, 4) is 6.07 Å². The summed E-state index contributed by atoms with van der Waals surface area (Å²) in [4.78, 5) is 20.3. The molecule has 3 aromatic rings. The van der Waals surface area contributed by atoms with Gasteiger partial charge in [0.05, 0.1) is 52.8 Å². The first-order chi connectivity index (χ1) is 21.1. The van der Waals surface area contributed by atoms with Crippen molar-refractivity contribution >= 4 is 17.5 Å². The van der Waals surface area contributed by atoms with Gasteiger partial charge in [0.2, 0.25) is 5.72 Å². The normalized spacial score (nSPS) is 27.8.